The average Bonchev–Trinajstić information content (AvgIpc) is 3.18. The zero-order valence-electron chi connectivity index (χ0n) is 21.5. The molecular weight excluding hydrogens is 493 g/mol. The molecule has 1 aliphatic rings. The Morgan fingerprint density at radius 1 is 1.08 bits per heavy atom. The Morgan fingerprint density at radius 2 is 1.83 bits per heavy atom. The highest BCUT2D eigenvalue weighted by molar-refractivity contribution is 8.30. The molecule has 4 aromatic rings. The molecule has 0 bridgehead atoms. The summed E-state index contributed by atoms with van der Waals surface area (Å²) in [7, 11) is 1.09. The summed E-state index contributed by atoms with van der Waals surface area (Å²) in [6.07, 6.45) is 9.89. The second-order valence-corrected chi connectivity index (χ2v) is 14.7. The van der Waals surface area contributed by atoms with Crippen LogP contribution in [0.5, 0.6) is 0 Å². The number of aromatic nitrogens is 3. The number of pyridine rings is 1. The van der Waals surface area contributed by atoms with Crippen molar-refractivity contribution in [3.05, 3.63) is 76.7 Å². The lowest BCUT2D eigenvalue weighted by Gasteiger charge is -2.49. The van der Waals surface area contributed by atoms with Gasteiger partial charge < -0.3 is 4.90 Å². The highest BCUT2D eigenvalue weighted by Crippen LogP contribution is 2.42. The minimum absolute atomic E-state index is 0.307. The third-order valence-electron chi connectivity index (χ3n) is 7.13. The minimum Gasteiger partial charge on any atom is -0.351 e. The van der Waals surface area contributed by atoms with E-state index in [4.69, 9.17) is 16.6 Å². The van der Waals surface area contributed by atoms with Crippen molar-refractivity contribution in [1.82, 2.24) is 19.1 Å². The first-order chi connectivity index (χ1) is 17.1. The smallest absolute Gasteiger partial charge is 0.137 e. The molecule has 0 aliphatic carbocycles. The van der Waals surface area contributed by atoms with E-state index in [0.29, 0.717) is 27.9 Å². The maximum Gasteiger partial charge on any atom is 0.137 e. The molecule has 0 amide bonds. The van der Waals surface area contributed by atoms with E-state index in [9.17, 15) is 0 Å². The molecule has 0 spiro atoms. The van der Waals surface area contributed by atoms with Gasteiger partial charge in [-0.1, -0.05) is 41.9 Å². The molecular formula is C28H33ClFN5S. The predicted octanol–water partition coefficient (Wildman–Crippen LogP) is 6.08. The third kappa shape index (κ3) is 4.72. The van der Waals surface area contributed by atoms with Gasteiger partial charge in [0.15, 0.2) is 0 Å². The van der Waals surface area contributed by atoms with Crippen LogP contribution in [0.15, 0.2) is 54.7 Å². The van der Waals surface area contributed by atoms with Gasteiger partial charge in [0.1, 0.15) is 17.3 Å². The molecule has 3 heterocycles. The molecule has 0 saturated carbocycles. The van der Waals surface area contributed by atoms with Crippen LogP contribution in [0.2, 0.25) is 5.02 Å². The Morgan fingerprint density at radius 3 is 2.56 bits per heavy atom. The summed E-state index contributed by atoms with van der Waals surface area (Å²) in [6.45, 7) is 4.61. The van der Waals surface area contributed by atoms with Crippen molar-refractivity contribution in [3.63, 3.8) is 0 Å². The van der Waals surface area contributed by atoms with Crippen LogP contribution in [0.4, 0.5) is 10.2 Å². The van der Waals surface area contributed by atoms with Crippen molar-refractivity contribution in [2.24, 2.45) is 7.05 Å². The van der Waals surface area contributed by atoms with Gasteiger partial charge >= 0.3 is 0 Å². The molecule has 1 unspecified atom stereocenters. The van der Waals surface area contributed by atoms with Gasteiger partial charge in [0.25, 0.3) is 0 Å². The molecule has 1 atom stereocenters. The molecule has 0 N–H and O–H groups in total. The van der Waals surface area contributed by atoms with E-state index in [0.717, 1.165) is 42.8 Å². The van der Waals surface area contributed by atoms with Crippen molar-refractivity contribution >= 4 is 38.5 Å². The lowest BCUT2D eigenvalue weighted by atomic mass is 10.0. The molecule has 0 radical (unpaired) electrons. The number of nitrogens with zero attached hydrogens (tertiary/aromatic N) is 5. The number of rotatable bonds is 5. The first-order valence-corrected chi connectivity index (χ1v) is 15.3. The summed E-state index contributed by atoms with van der Waals surface area (Å²) < 4.78 is 19.5. The molecule has 36 heavy (non-hydrogen) atoms. The number of benzene rings is 2. The number of piperazine rings is 1. The summed E-state index contributed by atoms with van der Waals surface area (Å²) >= 11 is 6.13. The van der Waals surface area contributed by atoms with E-state index in [1.807, 2.05) is 17.9 Å². The summed E-state index contributed by atoms with van der Waals surface area (Å²) in [6, 6.07) is 16.5. The zero-order valence-corrected chi connectivity index (χ0v) is 23.1. The number of fused-ring (bicyclic) bond motifs is 1. The summed E-state index contributed by atoms with van der Waals surface area (Å²) in [5.41, 5.74) is 3.73. The Balaban J connectivity index is 1.53. The van der Waals surface area contributed by atoms with Gasteiger partial charge in [0, 0.05) is 66.5 Å². The molecule has 1 aliphatic heterocycles. The Kier molecular flexibility index (Phi) is 6.74. The van der Waals surface area contributed by atoms with Gasteiger partial charge in [0.05, 0.1) is 5.52 Å². The van der Waals surface area contributed by atoms with Gasteiger partial charge in [-0.3, -0.25) is 8.99 Å². The van der Waals surface area contributed by atoms with Gasteiger partial charge in [-0.2, -0.15) is 15.3 Å². The highest BCUT2D eigenvalue weighted by atomic mass is 35.5. The highest BCUT2D eigenvalue weighted by Gasteiger charge is 2.32. The fourth-order valence-corrected chi connectivity index (χ4v) is 6.42. The molecule has 5 nitrogen and oxygen atoms in total. The summed E-state index contributed by atoms with van der Waals surface area (Å²) in [5, 5.41) is 5.93. The van der Waals surface area contributed by atoms with Gasteiger partial charge in [-0.15, -0.1) is 0 Å². The zero-order chi connectivity index (χ0) is 25.6. The van der Waals surface area contributed by atoms with Crippen LogP contribution in [-0.4, -0.2) is 63.5 Å². The van der Waals surface area contributed by atoms with E-state index in [1.165, 1.54) is 5.56 Å². The van der Waals surface area contributed by atoms with E-state index < -0.39 is 10.2 Å². The summed E-state index contributed by atoms with van der Waals surface area (Å²) in [5.74, 6) is 0.601. The van der Waals surface area contributed by atoms with Crippen LogP contribution in [0, 0.1) is 12.7 Å². The quantitative estimate of drug-likeness (QED) is 0.316. The molecule has 2 aromatic carbocycles. The first-order valence-electron chi connectivity index (χ1n) is 12.1. The topological polar surface area (TPSA) is 37.2 Å². The largest absolute Gasteiger partial charge is 0.351 e. The van der Waals surface area contributed by atoms with Crippen LogP contribution in [0.3, 0.4) is 0 Å². The molecule has 1 saturated heterocycles. The Bertz CT molecular complexity index is 1400. The molecule has 1 fully saturated rings. The van der Waals surface area contributed by atoms with Gasteiger partial charge in [-0.25, -0.2) is 9.37 Å². The maximum atomic E-state index is 15.1. The Labute approximate surface area is 219 Å². The molecule has 8 heteroatoms. The van der Waals surface area contributed by atoms with Gasteiger partial charge in [0.2, 0.25) is 0 Å². The van der Waals surface area contributed by atoms with Crippen molar-refractivity contribution in [2.75, 3.05) is 43.3 Å². The van der Waals surface area contributed by atoms with E-state index in [2.05, 4.69) is 69.5 Å². The average molecular weight is 526 g/mol. The van der Waals surface area contributed by atoms with Crippen LogP contribution in [0.25, 0.3) is 22.2 Å². The lowest BCUT2D eigenvalue weighted by molar-refractivity contribution is 0.351. The Hall–Kier alpha value is -2.61. The fraction of sp³-hybridized carbons (Fsp3) is 0.357. The van der Waals surface area contributed by atoms with Crippen molar-refractivity contribution in [1.29, 1.82) is 0 Å². The number of hydrogen-bond donors (Lipinski definition) is 0. The number of anilines is 1. The van der Waals surface area contributed by atoms with Crippen LogP contribution >= 0.6 is 21.8 Å². The standard InChI is InChI=1S/C28H33ClFN5S/c1-19-24(29)12-11-22(27(19)30)28-23-17-31-26(16-25(23)33(2)32-28)35-14-13-34(36(3,4)5)18-21(35)15-20-9-7-6-8-10-20/h6-12,16-17,21H,13-15,18H2,1-5H3. The lowest BCUT2D eigenvalue weighted by Crippen LogP contribution is -2.54. The third-order valence-corrected chi connectivity index (χ3v) is 9.42. The molecule has 5 rings (SSSR count). The van der Waals surface area contributed by atoms with Crippen molar-refractivity contribution in [3.8, 4) is 11.3 Å². The number of aryl methyl sites for hydroxylation is 1. The molecule has 190 valence electrons. The van der Waals surface area contributed by atoms with Crippen molar-refractivity contribution in [2.45, 2.75) is 19.4 Å². The monoisotopic (exact) mass is 525 g/mol. The van der Waals surface area contributed by atoms with Crippen LogP contribution in [0.1, 0.15) is 11.1 Å². The first kappa shape index (κ1) is 25.1. The van der Waals surface area contributed by atoms with E-state index in [-0.39, 0.29) is 5.82 Å². The SMILES string of the molecule is Cc1c(Cl)ccc(-c2nn(C)c3cc(N4CCN(S(C)(C)C)CC4Cc4ccccc4)ncc23)c1F. The van der Waals surface area contributed by atoms with E-state index >= 15 is 4.39 Å². The van der Waals surface area contributed by atoms with E-state index in [1.54, 1.807) is 19.1 Å². The molecule has 2 aromatic heterocycles. The van der Waals surface area contributed by atoms with Crippen molar-refractivity contribution < 1.29 is 4.39 Å². The van der Waals surface area contributed by atoms with Gasteiger partial charge in [-0.05, 0) is 49.8 Å². The fourth-order valence-electron chi connectivity index (χ4n) is 5.03. The normalized spacial score (nSPS) is 17.6. The van der Waals surface area contributed by atoms with Crippen LogP contribution < -0.4 is 4.90 Å². The summed E-state index contributed by atoms with van der Waals surface area (Å²) in [4.78, 5) is 7.33. The maximum absolute atomic E-state index is 15.1. The van der Waals surface area contributed by atoms with Crippen LogP contribution in [-0.2, 0) is 13.5 Å². The second-order valence-electron chi connectivity index (χ2n) is 10.3. The number of hydrogen-bond acceptors (Lipinski definition) is 4. The minimum atomic E-state index is -0.809. The second kappa shape index (κ2) is 9.69. The predicted molar refractivity (Wildman–Crippen MR) is 152 cm³/mol. The number of halogens is 2.